The lowest BCUT2D eigenvalue weighted by Crippen LogP contribution is -2.34. The van der Waals surface area contributed by atoms with Gasteiger partial charge in [-0.1, -0.05) is 0 Å². The quantitative estimate of drug-likeness (QED) is 0.455. The van der Waals surface area contributed by atoms with Gasteiger partial charge < -0.3 is 4.74 Å². The molecule has 0 spiro atoms. The summed E-state index contributed by atoms with van der Waals surface area (Å²) in [6, 6.07) is 0. The number of likely N-dealkylation sites (N-methyl/N-ethyl adjacent to an activating group) is 2. The zero-order valence-corrected chi connectivity index (χ0v) is 9.25. The van der Waals surface area contributed by atoms with Crippen molar-refractivity contribution in [2.24, 2.45) is 11.8 Å². The minimum absolute atomic E-state index is 0.441. The lowest BCUT2D eigenvalue weighted by Gasteiger charge is -2.11. The fourth-order valence-corrected chi connectivity index (χ4v) is 2.74. The zero-order chi connectivity index (χ0) is 12.5. The highest BCUT2D eigenvalue weighted by atomic mass is 16.5. The number of likely N-dealkylation sites (tertiary alicyclic amines) is 2. The topological polar surface area (TPSA) is 84.0 Å². The molecule has 0 aromatic heterocycles. The second-order valence-corrected chi connectivity index (χ2v) is 4.50. The van der Waals surface area contributed by atoms with E-state index in [4.69, 9.17) is 4.74 Å². The van der Waals surface area contributed by atoms with Crippen LogP contribution in [-0.4, -0.2) is 59.7 Å². The Hall–Kier alpha value is -1.76. The third-order valence-electron chi connectivity index (χ3n) is 3.71. The minimum atomic E-state index is -0.968. The Kier molecular flexibility index (Phi) is 1.79. The van der Waals surface area contributed by atoms with Crippen molar-refractivity contribution in [2.75, 3.05) is 14.1 Å². The summed E-state index contributed by atoms with van der Waals surface area (Å²) in [6.45, 7) is 0. The molecule has 4 atom stereocenters. The molecule has 90 valence electrons. The number of amides is 4. The first-order valence-corrected chi connectivity index (χ1v) is 5.23. The molecule has 3 fully saturated rings. The molecule has 0 bridgehead atoms. The van der Waals surface area contributed by atoms with E-state index in [0.717, 1.165) is 9.80 Å². The summed E-state index contributed by atoms with van der Waals surface area (Å²) >= 11 is 0. The number of carbonyl (C=O) groups excluding carboxylic acids is 4. The minimum Gasteiger partial charge on any atom is -0.354 e. The summed E-state index contributed by atoms with van der Waals surface area (Å²) in [5.41, 5.74) is 0. The smallest absolute Gasteiger partial charge is 0.258 e. The first kappa shape index (κ1) is 10.4. The summed E-state index contributed by atoms with van der Waals surface area (Å²) in [6.07, 6.45) is -1.94. The number of carbonyl (C=O) groups is 4. The van der Waals surface area contributed by atoms with Gasteiger partial charge in [-0.25, -0.2) is 0 Å². The predicted molar refractivity (Wildman–Crippen MR) is 51.2 cm³/mol. The summed E-state index contributed by atoms with van der Waals surface area (Å²) < 4.78 is 5.29. The Bertz CT molecular complexity index is 431. The maximum atomic E-state index is 11.8. The van der Waals surface area contributed by atoms with Crippen molar-refractivity contribution in [1.29, 1.82) is 0 Å². The molecular weight excluding hydrogens is 228 g/mol. The molecular formula is C10H10N2O5. The second-order valence-electron chi connectivity index (χ2n) is 4.50. The van der Waals surface area contributed by atoms with Gasteiger partial charge in [0.05, 0.1) is 11.8 Å². The maximum absolute atomic E-state index is 11.8. The van der Waals surface area contributed by atoms with Gasteiger partial charge in [-0.2, -0.15) is 0 Å². The van der Waals surface area contributed by atoms with E-state index >= 15 is 0 Å². The number of rotatable bonds is 0. The zero-order valence-electron chi connectivity index (χ0n) is 9.25. The van der Waals surface area contributed by atoms with Gasteiger partial charge in [-0.3, -0.25) is 29.0 Å². The molecule has 3 aliphatic heterocycles. The highest BCUT2D eigenvalue weighted by Gasteiger charge is 2.66. The first-order valence-electron chi connectivity index (χ1n) is 5.23. The van der Waals surface area contributed by atoms with Crippen LogP contribution < -0.4 is 0 Å². The molecule has 3 rings (SSSR count). The number of hydrogen-bond acceptors (Lipinski definition) is 5. The lowest BCUT2D eigenvalue weighted by molar-refractivity contribution is -0.146. The molecule has 0 saturated carbocycles. The number of ether oxygens (including phenoxy) is 1. The molecule has 7 heteroatoms. The largest absolute Gasteiger partial charge is 0.354 e. The molecule has 0 radical (unpaired) electrons. The average molecular weight is 238 g/mol. The van der Waals surface area contributed by atoms with E-state index < -0.39 is 47.7 Å². The Morgan fingerprint density at radius 2 is 1.12 bits per heavy atom. The Morgan fingerprint density at radius 1 is 0.765 bits per heavy atom. The van der Waals surface area contributed by atoms with Crippen molar-refractivity contribution >= 4 is 23.6 Å². The highest BCUT2D eigenvalue weighted by molar-refractivity contribution is 6.14. The number of nitrogens with zero attached hydrogens (tertiary/aromatic N) is 2. The average Bonchev–Trinajstić information content (AvgIpc) is 2.86. The van der Waals surface area contributed by atoms with E-state index in [-0.39, 0.29) is 0 Å². The van der Waals surface area contributed by atoms with Crippen LogP contribution in [-0.2, 0) is 23.9 Å². The first-order chi connectivity index (χ1) is 7.95. The van der Waals surface area contributed by atoms with Crippen LogP contribution in [0, 0.1) is 11.8 Å². The third kappa shape index (κ3) is 0.998. The molecule has 3 saturated heterocycles. The van der Waals surface area contributed by atoms with E-state index in [1.807, 2.05) is 0 Å². The Balaban J connectivity index is 2.03. The van der Waals surface area contributed by atoms with Crippen LogP contribution in [0.15, 0.2) is 0 Å². The van der Waals surface area contributed by atoms with Crippen molar-refractivity contribution in [3.8, 4) is 0 Å². The van der Waals surface area contributed by atoms with Gasteiger partial charge in [-0.15, -0.1) is 0 Å². The fourth-order valence-electron chi connectivity index (χ4n) is 2.74. The van der Waals surface area contributed by atoms with E-state index in [2.05, 4.69) is 0 Å². The van der Waals surface area contributed by atoms with Gasteiger partial charge in [-0.05, 0) is 0 Å². The molecule has 17 heavy (non-hydrogen) atoms. The predicted octanol–water partition coefficient (Wildman–Crippen LogP) is -2.02. The molecule has 4 unspecified atom stereocenters. The highest BCUT2D eigenvalue weighted by Crippen LogP contribution is 2.43. The Morgan fingerprint density at radius 3 is 1.47 bits per heavy atom. The van der Waals surface area contributed by atoms with Crippen molar-refractivity contribution in [1.82, 2.24) is 9.80 Å². The van der Waals surface area contributed by atoms with Crippen LogP contribution in [0.5, 0.6) is 0 Å². The maximum Gasteiger partial charge on any atom is 0.258 e. The van der Waals surface area contributed by atoms with Crippen LogP contribution >= 0.6 is 0 Å². The van der Waals surface area contributed by atoms with Crippen LogP contribution in [0.25, 0.3) is 0 Å². The van der Waals surface area contributed by atoms with Gasteiger partial charge in [0.15, 0.2) is 12.2 Å². The SMILES string of the molecule is CN1C(=O)C2OC3C(=O)N(C)C(=O)C3C2C1=O. The summed E-state index contributed by atoms with van der Waals surface area (Å²) in [4.78, 5) is 48.9. The van der Waals surface area contributed by atoms with Gasteiger partial charge in [0.1, 0.15) is 0 Å². The second kappa shape index (κ2) is 2.92. The van der Waals surface area contributed by atoms with E-state index in [1.165, 1.54) is 14.1 Å². The van der Waals surface area contributed by atoms with Crippen LogP contribution in [0.4, 0.5) is 0 Å². The fraction of sp³-hybridized carbons (Fsp3) is 0.600. The van der Waals surface area contributed by atoms with Crippen LogP contribution in [0.2, 0.25) is 0 Å². The number of hydrogen-bond donors (Lipinski definition) is 0. The normalized spacial score (nSPS) is 40.4. The van der Waals surface area contributed by atoms with Crippen molar-refractivity contribution < 1.29 is 23.9 Å². The monoisotopic (exact) mass is 238 g/mol. The van der Waals surface area contributed by atoms with E-state index in [9.17, 15) is 19.2 Å². The van der Waals surface area contributed by atoms with Crippen molar-refractivity contribution in [3.05, 3.63) is 0 Å². The molecule has 0 aromatic rings. The molecule has 0 N–H and O–H groups in total. The van der Waals surface area contributed by atoms with Crippen LogP contribution in [0.1, 0.15) is 0 Å². The molecule has 0 aliphatic carbocycles. The van der Waals surface area contributed by atoms with E-state index in [0.29, 0.717) is 0 Å². The standard InChI is InChI=1S/C10H10N2O5/c1-11-7(13)3-4-6(17-5(3)9(11)15)10(16)12(2)8(4)14/h3-6H,1-2H3. The van der Waals surface area contributed by atoms with E-state index in [1.54, 1.807) is 0 Å². The molecule has 3 aliphatic rings. The molecule has 7 nitrogen and oxygen atoms in total. The summed E-state index contributed by atoms with van der Waals surface area (Å²) in [5, 5.41) is 0. The number of fused-ring (bicyclic) bond motifs is 3. The van der Waals surface area contributed by atoms with Gasteiger partial charge in [0.2, 0.25) is 11.8 Å². The number of imide groups is 2. The molecule has 3 heterocycles. The lowest BCUT2D eigenvalue weighted by atomic mass is 9.89. The third-order valence-corrected chi connectivity index (χ3v) is 3.71. The molecule has 4 amide bonds. The van der Waals surface area contributed by atoms with Crippen LogP contribution in [0.3, 0.4) is 0 Å². The van der Waals surface area contributed by atoms with Crippen molar-refractivity contribution in [3.63, 3.8) is 0 Å². The Labute approximate surface area is 96.3 Å². The van der Waals surface area contributed by atoms with Gasteiger partial charge in [0, 0.05) is 14.1 Å². The van der Waals surface area contributed by atoms with Gasteiger partial charge in [0.25, 0.3) is 11.8 Å². The molecule has 0 aromatic carbocycles. The van der Waals surface area contributed by atoms with Crippen molar-refractivity contribution in [2.45, 2.75) is 12.2 Å². The summed E-state index contributed by atoms with van der Waals surface area (Å²) in [7, 11) is 2.71. The van der Waals surface area contributed by atoms with Gasteiger partial charge >= 0.3 is 0 Å². The summed E-state index contributed by atoms with van der Waals surface area (Å²) in [5.74, 6) is -3.50.